The summed E-state index contributed by atoms with van der Waals surface area (Å²) in [5, 5.41) is 11.3. The molecular formula is C25H39ClN4. The van der Waals surface area contributed by atoms with Gasteiger partial charge in [0.25, 0.3) is 0 Å². The molecule has 30 heavy (non-hydrogen) atoms. The van der Waals surface area contributed by atoms with Crippen LogP contribution in [0, 0.1) is 17.3 Å². The molecule has 4 nitrogen and oxygen atoms in total. The Bertz CT molecular complexity index is 748. The molecule has 2 heterocycles. The molecular weight excluding hydrogens is 392 g/mol. The van der Waals surface area contributed by atoms with Crippen molar-refractivity contribution in [2.45, 2.75) is 71.1 Å². The van der Waals surface area contributed by atoms with Gasteiger partial charge in [-0.3, -0.25) is 5.32 Å². The second-order valence-corrected chi connectivity index (χ2v) is 11.0. The Hall–Kier alpha value is -1.23. The summed E-state index contributed by atoms with van der Waals surface area (Å²) in [6.45, 7) is 12.9. The van der Waals surface area contributed by atoms with E-state index in [1.165, 1.54) is 23.4 Å². The lowest BCUT2D eigenvalue weighted by atomic mass is 9.69. The Morgan fingerprint density at radius 1 is 1.27 bits per heavy atom. The maximum absolute atomic E-state index is 6.25. The van der Waals surface area contributed by atoms with Gasteiger partial charge in [0.1, 0.15) is 0 Å². The molecule has 2 aliphatic carbocycles. The highest BCUT2D eigenvalue weighted by atomic mass is 35.5. The van der Waals surface area contributed by atoms with Crippen molar-refractivity contribution in [3.63, 3.8) is 0 Å². The fourth-order valence-corrected chi connectivity index (χ4v) is 5.62. The van der Waals surface area contributed by atoms with Gasteiger partial charge in [0, 0.05) is 24.8 Å². The van der Waals surface area contributed by atoms with Gasteiger partial charge >= 0.3 is 0 Å². The van der Waals surface area contributed by atoms with E-state index in [-0.39, 0.29) is 17.1 Å². The number of likely N-dealkylation sites (tertiary alicyclic amines) is 1. The Labute approximate surface area is 187 Å². The molecule has 1 fully saturated rings. The van der Waals surface area contributed by atoms with E-state index >= 15 is 0 Å². The van der Waals surface area contributed by atoms with Gasteiger partial charge < -0.3 is 15.5 Å². The topological polar surface area (TPSA) is 39.3 Å². The molecule has 0 spiro atoms. The van der Waals surface area contributed by atoms with Crippen molar-refractivity contribution in [2.75, 3.05) is 19.6 Å². The first kappa shape index (κ1) is 22.0. The number of piperidine rings is 1. The maximum atomic E-state index is 6.25. The highest BCUT2D eigenvalue weighted by molar-refractivity contribution is 6.22. The van der Waals surface area contributed by atoms with E-state index in [4.69, 9.17) is 11.6 Å². The van der Waals surface area contributed by atoms with Crippen LogP contribution in [0.5, 0.6) is 0 Å². The summed E-state index contributed by atoms with van der Waals surface area (Å²) < 4.78 is 0. The second kappa shape index (κ2) is 9.10. The average Bonchev–Trinajstić information content (AvgIpc) is 3.10. The average molecular weight is 431 g/mol. The van der Waals surface area contributed by atoms with Crippen LogP contribution in [0.1, 0.15) is 53.4 Å². The van der Waals surface area contributed by atoms with E-state index in [1.807, 2.05) is 0 Å². The van der Waals surface area contributed by atoms with Gasteiger partial charge in [-0.25, -0.2) is 0 Å². The molecule has 5 heteroatoms. The molecule has 0 aromatic heterocycles. The van der Waals surface area contributed by atoms with Crippen molar-refractivity contribution in [1.29, 1.82) is 0 Å². The maximum Gasteiger partial charge on any atom is 0.153 e. The predicted molar refractivity (Wildman–Crippen MR) is 127 cm³/mol. The van der Waals surface area contributed by atoms with E-state index in [9.17, 15) is 0 Å². The molecule has 1 saturated heterocycles. The van der Waals surface area contributed by atoms with Crippen LogP contribution < -0.4 is 16.0 Å². The van der Waals surface area contributed by atoms with E-state index in [0.717, 1.165) is 38.9 Å². The van der Waals surface area contributed by atoms with Gasteiger partial charge in [-0.1, -0.05) is 52.0 Å². The monoisotopic (exact) mass is 430 g/mol. The summed E-state index contributed by atoms with van der Waals surface area (Å²) in [6.07, 6.45) is 15.9. The molecule has 0 bridgehead atoms. The summed E-state index contributed by atoms with van der Waals surface area (Å²) in [5.74, 6) is 1.20. The summed E-state index contributed by atoms with van der Waals surface area (Å²) in [6, 6.07) is 0.443. The van der Waals surface area contributed by atoms with Gasteiger partial charge in [-0.05, 0) is 61.1 Å². The molecule has 4 aliphatic rings. The number of hydrogen-bond donors (Lipinski definition) is 3. The molecule has 166 valence electrons. The van der Waals surface area contributed by atoms with Crippen LogP contribution in [0.3, 0.4) is 0 Å². The van der Waals surface area contributed by atoms with Crippen LogP contribution in [0.15, 0.2) is 47.3 Å². The Morgan fingerprint density at radius 3 is 2.77 bits per heavy atom. The van der Waals surface area contributed by atoms with Crippen molar-refractivity contribution in [3.8, 4) is 0 Å². The molecule has 4 atom stereocenters. The van der Waals surface area contributed by atoms with Crippen molar-refractivity contribution < 1.29 is 0 Å². The quantitative estimate of drug-likeness (QED) is 0.543. The molecule has 0 saturated carbocycles. The lowest BCUT2D eigenvalue weighted by Gasteiger charge is -2.46. The first-order valence-electron chi connectivity index (χ1n) is 11.8. The van der Waals surface area contributed by atoms with Gasteiger partial charge in [0.05, 0.1) is 11.1 Å². The highest BCUT2D eigenvalue weighted by Gasteiger charge is 2.38. The number of hydrogen-bond acceptors (Lipinski definition) is 4. The molecule has 0 aromatic carbocycles. The number of nitrogens with one attached hydrogen (secondary N) is 3. The standard InChI is InChI=1S/C25H39ClN4/c1-17(2)23(29-24-27-21-7-5-6-8-22(21)28-24)15-30-14-13-20(25(3,4)16-30)18-9-11-19(26)12-10-18/h5,7,9-11,17,19-20,23-24,27-29H,6,8,12-16H2,1-4H3/t19?,20?,23-,24?/m0/s1. The number of alkyl halides is 1. The fourth-order valence-electron chi connectivity index (χ4n) is 5.46. The fraction of sp³-hybridized carbons (Fsp3) is 0.680. The van der Waals surface area contributed by atoms with E-state index < -0.39 is 0 Å². The molecule has 3 N–H and O–H groups in total. The Kier molecular flexibility index (Phi) is 6.67. The van der Waals surface area contributed by atoms with Crippen molar-refractivity contribution in [3.05, 3.63) is 47.3 Å². The first-order chi connectivity index (χ1) is 14.3. The number of halogens is 1. The van der Waals surface area contributed by atoms with Gasteiger partial charge in [-0.15, -0.1) is 11.6 Å². The van der Waals surface area contributed by atoms with Crippen LogP contribution in [0.2, 0.25) is 0 Å². The van der Waals surface area contributed by atoms with Crippen LogP contribution in [0.25, 0.3) is 0 Å². The van der Waals surface area contributed by atoms with Crippen molar-refractivity contribution >= 4 is 11.6 Å². The minimum Gasteiger partial charge on any atom is -0.355 e. The van der Waals surface area contributed by atoms with Crippen LogP contribution >= 0.6 is 11.6 Å². The van der Waals surface area contributed by atoms with Gasteiger partial charge in [0.15, 0.2) is 6.29 Å². The number of nitrogens with zero attached hydrogens (tertiary/aromatic N) is 1. The smallest absolute Gasteiger partial charge is 0.153 e. The van der Waals surface area contributed by atoms with Crippen LogP contribution in [-0.2, 0) is 0 Å². The number of rotatable bonds is 6. The molecule has 2 aliphatic heterocycles. The van der Waals surface area contributed by atoms with Gasteiger partial charge in [0.2, 0.25) is 0 Å². The summed E-state index contributed by atoms with van der Waals surface area (Å²) in [7, 11) is 0. The normalized spacial score (nSPS) is 31.9. The van der Waals surface area contributed by atoms with E-state index in [2.05, 4.69) is 78.9 Å². The third-order valence-corrected chi connectivity index (χ3v) is 7.54. The summed E-state index contributed by atoms with van der Waals surface area (Å²) in [4.78, 5) is 2.67. The van der Waals surface area contributed by atoms with E-state index in [0.29, 0.717) is 17.9 Å². The zero-order chi connectivity index (χ0) is 21.3. The zero-order valence-electron chi connectivity index (χ0n) is 19.0. The Morgan fingerprint density at radius 2 is 2.10 bits per heavy atom. The summed E-state index contributed by atoms with van der Waals surface area (Å²) >= 11 is 6.25. The minimum atomic E-state index is 0.136. The minimum absolute atomic E-state index is 0.136. The highest BCUT2D eigenvalue weighted by Crippen LogP contribution is 2.41. The molecule has 4 rings (SSSR count). The first-order valence-corrected chi connectivity index (χ1v) is 12.2. The lowest BCUT2D eigenvalue weighted by molar-refractivity contribution is 0.0610. The predicted octanol–water partition coefficient (Wildman–Crippen LogP) is 4.48. The number of allylic oxidation sites excluding steroid dienone is 7. The van der Waals surface area contributed by atoms with Crippen LogP contribution in [-0.4, -0.2) is 42.2 Å². The molecule has 0 amide bonds. The zero-order valence-corrected chi connectivity index (χ0v) is 19.8. The third-order valence-electron chi connectivity index (χ3n) is 7.22. The molecule has 3 unspecified atom stereocenters. The van der Waals surface area contributed by atoms with Crippen molar-refractivity contribution in [2.24, 2.45) is 17.3 Å². The SMILES string of the molecule is CC(C)[C@H](CN1CCC(C2=CCC(Cl)C=C2)C(C)(C)C1)NC1NC2=C(CCC=C2)N1. The Balaban J connectivity index is 1.34. The largest absolute Gasteiger partial charge is 0.355 e. The van der Waals surface area contributed by atoms with Gasteiger partial charge in [-0.2, -0.15) is 0 Å². The van der Waals surface area contributed by atoms with Crippen molar-refractivity contribution in [1.82, 2.24) is 20.9 Å². The van der Waals surface area contributed by atoms with E-state index in [1.54, 1.807) is 0 Å². The second-order valence-electron chi connectivity index (χ2n) is 10.5. The third kappa shape index (κ3) is 4.98. The summed E-state index contributed by atoms with van der Waals surface area (Å²) in [5.41, 5.74) is 4.38. The lowest BCUT2D eigenvalue weighted by Crippen LogP contribution is -2.57. The molecule has 0 aromatic rings. The van der Waals surface area contributed by atoms with Crippen LogP contribution in [0.4, 0.5) is 0 Å². The molecule has 0 radical (unpaired) electrons.